The monoisotopic (exact) mass is 523 g/mol. The van der Waals surface area contributed by atoms with Crippen molar-refractivity contribution in [2.24, 2.45) is 0 Å². The van der Waals surface area contributed by atoms with Gasteiger partial charge >= 0.3 is 0 Å². The fraction of sp³-hybridized carbons (Fsp3) is 0.844. The quantitative estimate of drug-likeness (QED) is 0.0661. The average molecular weight is 524 g/mol. The number of unbranched alkanes of at least 4 members (excludes halogenated alkanes) is 15. The van der Waals surface area contributed by atoms with Gasteiger partial charge in [0.1, 0.15) is 6.10 Å². The number of allylic oxidation sites excluding steroid dienone is 4. The summed E-state index contributed by atoms with van der Waals surface area (Å²) in [5.41, 5.74) is 0. The van der Waals surface area contributed by atoms with Gasteiger partial charge in [0.25, 0.3) is 0 Å². The van der Waals surface area contributed by atoms with Gasteiger partial charge in [-0.3, -0.25) is 4.79 Å². The summed E-state index contributed by atoms with van der Waals surface area (Å²) in [5, 5.41) is 33.1. The number of aliphatic hydroxyl groups is 3. The molecule has 0 spiro atoms. The van der Waals surface area contributed by atoms with Crippen molar-refractivity contribution >= 4 is 5.91 Å². The summed E-state index contributed by atoms with van der Waals surface area (Å²) in [6, 6.07) is -0.824. The van der Waals surface area contributed by atoms with Crippen molar-refractivity contribution in [3.8, 4) is 0 Å². The molecule has 0 aromatic carbocycles. The molecule has 4 N–H and O–H groups in total. The Kier molecular flexibility index (Phi) is 27.0. The van der Waals surface area contributed by atoms with E-state index in [1.54, 1.807) is 0 Å². The minimum atomic E-state index is -1.16. The van der Waals surface area contributed by atoms with Crippen LogP contribution in [0.5, 0.6) is 0 Å². The first kappa shape index (κ1) is 35.8. The van der Waals surface area contributed by atoms with Gasteiger partial charge in [-0.15, -0.1) is 0 Å². The number of carbonyl (C=O) groups is 1. The zero-order valence-electron chi connectivity index (χ0n) is 24.3. The van der Waals surface area contributed by atoms with Crippen molar-refractivity contribution in [2.45, 2.75) is 167 Å². The molecule has 0 aromatic heterocycles. The van der Waals surface area contributed by atoms with E-state index in [4.69, 9.17) is 0 Å². The van der Waals surface area contributed by atoms with Crippen molar-refractivity contribution in [2.75, 3.05) is 6.61 Å². The van der Waals surface area contributed by atoms with Crippen LogP contribution in [0.25, 0.3) is 0 Å². The van der Waals surface area contributed by atoms with Gasteiger partial charge in [-0.05, 0) is 51.4 Å². The maximum atomic E-state index is 12.2. The van der Waals surface area contributed by atoms with E-state index in [0.717, 1.165) is 44.9 Å². The zero-order chi connectivity index (χ0) is 27.4. The molecule has 3 atom stereocenters. The van der Waals surface area contributed by atoms with Crippen molar-refractivity contribution in [3.63, 3.8) is 0 Å². The van der Waals surface area contributed by atoms with E-state index in [2.05, 4.69) is 43.5 Å². The third-order valence-electron chi connectivity index (χ3n) is 7.04. The fourth-order valence-electron chi connectivity index (χ4n) is 4.53. The average Bonchev–Trinajstić information content (AvgIpc) is 2.90. The molecule has 5 nitrogen and oxygen atoms in total. The van der Waals surface area contributed by atoms with Crippen LogP contribution in [0.3, 0.4) is 0 Å². The normalized spacial score (nSPS) is 14.4. The second kappa shape index (κ2) is 27.9. The standard InChI is InChI=1S/C32H61NO4/c1-3-5-7-9-11-13-15-17-18-20-22-24-26-30(35)32(37)29(28-34)33-31(36)27-25-23-21-19-16-14-12-10-8-6-4-2/h11,13,18,20,29-30,32,34-35,37H,3-10,12,14-17,19,21-28H2,1-2H3,(H,33,36)/b13-11+,20-18+. The van der Waals surface area contributed by atoms with Crippen LogP contribution in [-0.4, -0.2) is 46.1 Å². The van der Waals surface area contributed by atoms with Gasteiger partial charge in [-0.1, -0.05) is 115 Å². The van der Waals surface area contributed by atoms with Gasteiger partial charge in [0.2, 0.25) is 5.91 Å². The molecule has 0 saturated heterocycles. The van der Waals surface area contributed by atoms with Crippen LogP contribution in [0.15, 0.2) is 24.3 Å². The molecule has 0 rings (SSSR count). The third-order valence-corrected chi connectivity index (χ3v) is 7.04. The van der Waals surface area contributed by atoms with E-state index in [-0.39, 0.29) is 12.5 Å². The summed E-state index contributed by atoms with van der Waals surface area (Å²) < 4.78 is 0. The lowest BCUT2D eigenvalue weighted by Crippen LogP contribution is -2.50. The molecule has 0 heterocycles. The number of nitrogens with one attached hydrogen (secondary N) is 1. The first-order valence-electron chi connectivity index (χ1n) is 15.6. The zero-order valence-corrected chi connectivity index (χ0v) is 24.3. The summed E-state index contributed by atoms with van der Waals surface area (Å²) in [4.78, 5) is 12.2. The molecule has 0 aliphatic rings. The Labute approximate surface area is 229 Å². The number of rotatable bonds is 27. The van der Waals surface area contributed by atoms with E-state index in [0.29, 0.717) is 12.8 Å². The molecule has 5 heteroatoms. The van der Waals surface area contributed by atoms with E-state index < -0.39 is 18.2 Å². The van der Waals surface area contributed by atoms with Gasteiger partial charge in [-0.2, -0.15) is 0 Å². The first-order valence-corrected chi connectivity index (χ1v) is 15.6. The highest BCUT2D eigenvalue weighted by atomic mass is 16.3. The molecule has 1 amide bonds. The molecule has 0 aliphatic carbocycles. The molecule has 0 aromatic rings. The van der Waals surface area contributed by atoms with Gasteiger partial charge in [0.05, 0.1) is 18.8 Å². The minimum absolute atomic E-state index is 0.163. The summed E-state index contributed by atoms with van der Waals surface area (Å²) in [7, 11) is 0. The molecular formula is C32H61NO4. The molecule has 0 radical (unpaired) electrons. The number of hydrogen-bond donors (Lipinski definition) is 4. The molecule has 3 unspecified atom stereocenters. The fourth-order valence-corrected chi connectivity index (χ4v) is 4.53. The van der Waals surface area contributed by atoms with Gasteiger partial charge in [-0.25, -0.2) is 0 Å². The van der Waals surface area contributed by atoms with Crippen LogP contribution in [0, 0.1) is 0 Å². The van der Waals surface area contributed by atoms with Crippen LogP contribution in [0.4, 0.5) is 0 Å². The van der Waals surface area contributed by atoms with Crippen molar-refractivity contribution < 1.29 is 20.1 Å². The molecule has 37 heavy (non-hydrogen) atoms. The van der Waals surface area contributed by atoms with Crippen LogP contribution < -0.4 is 5.32 Å². The second-order valence-electron chi connectivity index (χ2n) is 10.6. The van der Waals surface area contributed by atoms with Gasteiger partial charge in [0, 0.05) is 6.42 Å². The Bertz CT molecular complexity index is 549. The predicted octanol–water partition coefficient (Wildman–Crippen LogP) is 7.53. The Morgan fingerprint density at radius 1 is 0.649 bits per heavy atom. The molecule has 0 saturated carbocycles. The van der Waals surface area contributed by atoms with Crippen LogP contribution in [0.1, 0.15) is 149 Å². The Balaban J connectivity index is 3.84. The second-order valence-corrected chi connectivity index (χ2v) is 10.6. The molecular weight excluding hydrogens is 462 g/mol. The van der Waals surface area contributed by atoms with Gasteiger partial charge < -0.3 is 20.6 Å². The summed E-state index contributed by atoms with van der Waals surface area (Å²) >= 11 is 0. The van der Waals surface area contributed by atoms with E-state index in [1.807, 2.05) is 0 Å². The maximum Gasteiger partial charge on any atom is 0.220 e. The Morgan fingerprint density at radius 3 is 1.65 bits per heavy atom. The topological polar surface area (TPSA) is 89.8 Å². The van der Waals surface area contributed by atoms with Gasteiger partial charge in [0.15, 0.2) is 0 Å². The lowest BCUT2D eigenvalue weighted by molar-refractivity contribution is -0.124. The highest BCUT2D eigenvalue weighted by Crippen LogP contribution is 2.13. The van der Waals surface area contributed by atoms with Crippen LogP contribution in [0.2, 0.25) is 0 Å². The summed E-state index contributed by atoms with van der Waals surface area (Å²) in [5.74, 6) is -0.163. The highest BCUT2D eigenvalue weighted by Gasteiger charge is 2.26. The first-order chi connectivity index (χ1) is 18.1. The molecule has 0 bridgehead atoms. The summed E-state index contributed by atoms with van der Waals surface area (Å²) in [6.07, 6.45) is 29.8. The molecule has 0 fully saturated rings. The SMILES string of the molecule is CCCCC/C=C/CC/C=C/CCCC(O)C(O)C(CO)NC(=O)CCCCCCCCCCCCC. The van der Waals surface area contributed by atoms with Crippen LogP contribution in [-0.2, 0) is 4.79 Å². The third kappa shape index (κ3) is 23.7. The Hall–Kier alpha value is -1.17. The van der Waals surface area contributed by atoms with Crippen molar-refractivity contribution in [1.29, 1.82) is 0 Å². The lowest BCUT2D eigenvalue weighted by Gasteiger charge is -2.26. The summed E-state index contributed by atoms with van der Waals surface area (Å²) in [6.45, 7) is 4.08. The Morgan fingerprint density at radius 2 is 1.11 bits per heavy atom. The minimum Gasteiger partial charge on any atom is -0.394 e. The highest BCUT2D eigenvalue weighted by molar-refractivity contribution is 5.76. The lowest BCUT2D eigenvalue weighted by atomic mass is 10.0. The van der Waals surface area contributed by atoms with Crippen molar-refractivity contribution in [1.82, 2.24) is 5.32 Å². The van der Waals surface area contributed by atoms with E-state index in [9.17, 15) is 20.1 Å². The van der Waals surface area contributed by atoms with Crippen LogP contribution >= 0.6 is 0 Å². The van der Waals surface area contributed by atoms with Crippen molar-refractivity contribution in [3.05, 3.63) is 24.3 Å². The largest absolute Gasteiger partial charge is 0.394 e. The van der Waals surface area contributed by atoms with E-state index in [1.165, 1.54) is 77.0 Å². The molecule has 218 valence electrons. The predicted molar refractivity (Wildman–Crippen MR) is 158 cm³/mol. The number of carbonyl (C=O) groups excluding carboxylic acids is 1. The smallest absolute Gasteiger partial charge is 0.220 e. The molecule has 0 aliphatic heterocycles. The number of amides is 1. The maximum absolute atomic E-state index is 12.2. The number of aliphatic hydroxyl groups excluding tert-OH is 3. The van der Waals surface area contributed by atoms with E-state index >= 15 is 0 Å². The number of hydrogen-bond acceptors (Lipinski definition) is 4.